The molecule has 138 valence electrons. The molecule has 1 aromatic carbocycles. The maximum absolute atomic E-state index is 12.6. The maximum atomic E-state index is 12.6. The van der Waals surface area contributed by atoms with E-state index in [4.69, 9.17) is 5.11 Å². The van der Waals surface area contributed by atoms with Gasteiger partial charge in [-0.2, -0.15) is 13.2 Å². The molecule has 1 unspecified atom stereocenters. The van der Waals surface area contributed by atoms with Crippen molar-refractivity contribution in [3.8, 4) is 0 Å². The highest BCUT2D eigenvalue weighted by Gasteiger charge is 2.43. The molecule has 2 amide bonds. The zero-order chi connectivity index (χ0) is 19.4. The van der Waals surface area contributed by atoms with Gasteiger partial charge in [0.05, 0.1) is 23.9 Å². The van der Waals surface area contributed by atoms with Crippen molar-refractivity contribution < 1.29 is 37.4 Å². The van der Waals surface area contributed by atoms with Crippen LogP contribution >= 0.6 is 0 Å². The Morgan fingerprint density at radius 1 is 1.32 bits per heavy atom. The average molecular weight is 362 g/mol. The van der Waals surface area contributed by atoms with Crippen LogP contribution < -0.4 is 5.32 Å². The Balaban J connectivity index is 3.25. The second-order valence-corrected chi connectivity index (χ2v) is 5.04. The van der Waals surface area contributed by atoms with Gasteiger partial charge in [0.2, 0.25) is 0 Å². The fourth-order valence-electron chi connectivity index (χ4n) is 2.02. The number of carboxylic acid groups (broad SMARTS) is 1. The summed E-state index contributed by atoms with van der Waals surface area (Å²) in [5.74, 6) is -3.35. The molecule has 0 aliphatic carbocycles. The normalized spacial score (nSPS) is 12.2. The number of anilines is 1. The molecule has 0 saturated heterocycles. The molecule has 25 heavy (non-hydrogen) atoms. The molecule has 0 heterocycles. The Kier molecular flexibility index (Phi) is 6.37. The summed E-state index contributed by atoms with van der Waals surface area (Å²) in [6, 6.07) is 2.39. The number of hydrogen-bond acceptors (Lipinski definition) is 4. The van der Waals surface area contributed by atoms with Crippen molar-refractivity contribution in [3.63, 3.8) is 0 Å². The molecular formula is C15H17F3N2O5. The fraction of sp³-hybridized carbons (Fsp3) is 0.400. The van der Waals surface area contributed by atoms with Gasteiger partial charge in [-0.3, -0.25) is 10.1 Å². The van der Waals surface area contributed by atoms with Gasteiger partial charge in [-0.1, -0.05) is 6.07 Å². The third-order valence-corrected chi connectivity index (χ3v) is 3.41. The Labute approximate surface area is 141 Å². The van der Waals surface area contributed by atoms with Gasteiger partial charge < -0.3 is 14.7 Å². The fourth-order valence-corrected chi connectivity index (χ4v) is 2.02. The zero-order valence-corrected chi connectivity index (χ0v) is 13.7. The highest BCUT2D eigenvalue weighted by Crippen LogP contribution is 2.31. The molecule has 1 aromatic rings. The summed E-state index contributed by atoms with van der Waals surface area (Å²) < 4.78 is 42.5. The molecule has 0 saturated carbocycles. The lowest BCUT2D eigenvalue weighted by molar-refractivity contribution is -0.186. The maximum Gasteiger partial charge on any atom is 0.471 e. The van der Waals surface area contributed by atoms with Crippen molar-refractivity contribution in [1.82, 2.24) is 4.90 Å². The van der Waals surface area contributed by atoms with Gasteiger partial charge >= 0.3 is 24.1 Å². The van der Waals surface area contributed by atoms with Gasteiger partial charge in [0.15, 0.2) is 0 Å². The van der Waals surface area contributed by atoms with Crippen molar-refractivity contribution in [3.05, 3.63) is 29.3 Å². The highest BCUT2D eigenvalue weighted by atomic mass is 19.4. The molecule has 0 spiro atoms. The number of alkyl halides is 3. The number of ether oxygens (including phenoxy) is 1. The van der Waals surface area contributed by atoms with Crippen molar-refractivity contribution in [1.29, 1.82) is 0 Å². The van der Waals surface area contributed by atoms with Crippen LogP contribution in [-0.4, -0.2) is 47.8 Å². The van der Waals surface area contributed by atoms with E-state index in [0.717, 1.165) is 19.2 Å². The van der Waals surface area contributed by atoms with E-state index in [1.807, 2.05) is 0 Å². The first-order valence-electron chi connectivity index (χ1n) is 7.14. The lowest BCUT2D eigenvalue weighted by Gasteiger charge is -2.27. The quantitative estimate of drug-likeness (QED) is 0.839. The predicted octanol–water partition coefficient (Wildman–Crippen LogP) is 3.03. The number of hydrogen-bond donors (Lipinski definition) is 2. The number of carboxylic acids is 1. The number of halogens is 3. The van der Waals surface area contributed by atoms with Gasteiger partial charge in [0.1, 0.15) is 0 Å². The molecule has 0 aliphatic heterocycles. The standard InChI is InChI=1S/C15H17F3N2O5/c1-4-25-14(24)19-11-7-9(12(21)22)5-6-10(11)8(2)20(3)13(23)15(16,17)18/h5-8H,4H2,1-3H3,(H,19,24)(H,21,22). The first-order valence-corrected chi connectivity index (χ1v) is 7.14. The monoisotopic (exact) mass is 362 g/mol. The molecule has 0 aromatic heterocycles. The van der Waals surface area contributed by atoms with Crippen LogP contribution in [0.25, 0.3) is 0 Å². The summed E-state index contributed by atoms with van der Waals surface area (Å²) in [5.41, 5.74) is -0.127. The Morgan fingerprint density at radius 2 is 1.92 bits per heavy atom. The lowest BCUT2D eigenvalue weighted by Crippen LogP contribution is -2.40. The summed E-state index contributed by atoms with van der Waals surface area (Å²) in [6.45, 7) is 2.91. The van der Waals surface area contributed by atoms with Crippen molar-refractivity contribution in [2.45, 2.75) is 26.1 Å². The number of nitrogens with zero attached hydrogens (tertiary/aromatic N) is 1. The molecule has 7 nitrogen and oxygen atoms in total. The molecule has 0 fully saturated rings. The minimum absolute atomic E-state index is 0.0435. The summed E-state index contributed by atoms with van der Waals surface area (Å²) in [6.07, 6.45) is -5.96. The SMILES string of the molecule is CCOC(=O)Nc1cc(C(=O)O)ccc1C(C)N(C)C(=O)C(F)(F)F. The Morgan fingerprint density at radius 3 is 2.40 bits per heavy atom. The van der Waals surface area contributed by atoms with Gasteiger partial charge in [-0.05, 0) is 31.5 Å². The topological polar surface area (TPSA) is 95.9 Å². The number of carbonyl (C=O) groups excluding carboxylic acids is 2. The average Bonchev–Trinajstić information content (AvgIpc) is 2.51. The van der Waals surface area contributed by atoms with Crippen LogP contribution in [0.1, 0.15) is 35.8 Å². The minimum Gasteiger partial charge on any atom is -0.478 e. The van der Waals surface area contributed by atoms with Crippen LogP contribution in [0.5, 0.6) is 0 Å². The van der Waals surface area contributed by atoms with E-state index in [2.05, 4.69) is 10.1 Å². The highest BCUT2D eigenvalue weighted by molar-refractivity contribution is 5.92. The molecule has 0 bridgehead atoms. The zero-order valence-electron chi connectivity index (χ0n) is 13.7. The van der Waals surface area contributed by atoms with Crippen LogP contribution in [0.4, 0.5) is 23.7 Å². The third-order valence-electron chi connectivity index (χ3n) is 3.41. The molecule has 0 radical (unpaired) electrons. The molecule has 2 N–H and O–H groups in total. The van der Waals surface area contributed by atoms with Gasteiger partial charge in [-0.25, -0.2) is 9.59 Å². The van der Waals surface area contributed by atoms with Crippen LogP contribution in [0, 0.1) is 0 Å². The first-order chi connectivity index (χ1) is 11.5. The van der Waals surface area contributed by atoms with E-state index in [1.54, 1.807) is 6.92 Å². The first kappa shape index (κ1) is 20.3. The summed E-state index contributed by atoms with van der Waals surface area (Å²) in [5, 5.41) is 11.3. The van der Waals surface area contributed by atoms with E-state index in [-0.39, 0.29) is 23.4 Å². The van der Waals surface area contributed by atoms with Crippen molar-refractivity contribution in [2.75, 3.05) is 19.0 Å². The smallest absolute Gasteiger partial charge is 0.471 e. The van der Waals surface area contributed by atoms with Crippen molar-refractivity contribution >= 4 is 23.7 Å². The number of nitrogens with one attached hydrogen (secondary N) is 1. The second-order valence-electron chi connectivity index (χ2n) is 5.04. The Hall–Kier alpha value is -2.78. The largest absolute Gasteiger partial charge is 0.478 e. The summed E-state index contributed by atoms with van der Waals surface area (Å²) in [7, 11) is 0.958. The van der Waals surface area contributed by atoms with E-state index in [1.165, 1.54) is 13.0 Å². The number of amides is 2. The van der Waals surface area contributed by atoms with E-state index >= 15 is 0 Å². The van der Waals surface area contributed by atoms with Crippen LogP contribution in [0.15, 0.2) is 18.2 Å². The lowest BCUT2D eigenvalue weighted by atomic mass is 10.0. The van der Waals surface area contributed by atoms with Crippen LogP contribution in [0.3, 0.4) is 0 Å². The van der Waals surface area contributed by atoms with Crippen LogP contribution in [-0.2, 0) is 9.53 Å². The molecule has 0 aliphatic rings. The summed E-state index contributed by atoms with van der Waals surface area (Å²) in [4.78, 5) is 34.5. The molecular weight excluding hydrogens is 345 g/mol. The van der Waals surface area contributed by atoms with Crippen molar-refractivity contribution in [2.24, 2.45) is 0 Å². The Bertz CT molecular complexity index is 676. The minimum atomic E-state index is -5.06. The van der Waals surface area contributed by atoms with Gasteiger partial charge in [0.25, 0.3) is 0 Å². The predicted molar refractivity (Wildman–Crippen MR) is 81.3 cm³/mol. The summed E-state index contributed by atoms with van der Waals surface area (Å²) >= 11 is 0. The number of carbonyl (C=O) groups is 3. The second kappa shape index (κ2) is 7.86. The van der Waals surface area contributed by atoms with Gasteiger partial charge in [-0.15, -0.1) is 0 Å². The number of benzene rings is 1. The van der Waals surface area contributed by atoms with Crippen LogP contribution in [0.2, 0.25) is 0 Å². The van der Waals surface area contributed by atoms with E-state index in [9.17, 15) is 27.6 Å². The number of rotatable bonds is 5. The molecule has 10 heteroatoms. The molecule has 1 rings (SSSR count). The number of aromatic carboxylic acids is 1. The molecule has 1 atom stereocenters. The third kappa shape index (κ3) is 5.10. The van der Waals surface area contributed by atoms with Gasteiger partial charge in [0, 0.05) is 7.05 Å². The van der Waals surface area contributed by atoms with E-state index in [0.29, 0.717) is 4.90 Å². The van der Waals surface area contributed by atoms with E-state index < -0.39 is 30.2 Å².